The van der Waals surface area contributed by atoms with Gasteiger partial charge in [-0.15, -0.1) is 0 Å². The predicted molar refractivity (Wildman–Crippen MR) is 297 cm³/mol. The Morgan fingerprint density at radius 2 is 1.14 bits per heavy atom. The van der Waals surface area contributed by atoms with Crippen LogP contribution in [0.4, 0.5) is 68.5 Å². The number of nitrogens with zero attached hydrogens (tertiary/aromatic N) is 8. The van der Waals surface area contributed by atoms with Crippen molar-refractivity contribution in [3.8, 4) is 11.5 Å². The summed E-state index contributed by atoms with van der Waals surface area (Å²) in [7, 11) is 7.18. The second-order valence-electron chi connectivity index (χ2n) is 19.3. The number of anilines is 12. The number of methoxy groups -OCH3 is 3. The van der Waals surface area contributed by atoms with E-state index in [4.69, 9.17) is 14.2 Å². The van der Waals surface area contributed by atoms with Crippen LogP contribution in [0.25, 0.3) is 0 Å². The van der Waals surface area contributed by atoms with Crippen LogP contribution in [-0.2, 0) is 33.7 Å². The Hall–Kier alpha value is -7.60. The van der Waals surface area contributed by atoms with Crippen molar-refractivity contribution in [3.63, 3.8) is 0 Å². The zero-order chi connectivity index (χ0) is 51.1. The number of pyridine rings is 2. The van der Waals surface area contributed by atoms with Crippen molar-refractivity contribution in [2.24, 2.45) is 0 Å². The van der Waals surface area contributed by atoms with Crippen LogP contribution in [0, 0.1) is 0 Å². The van der Waals surface area contributed by atoms with Gasteiger partial charge in [-0.25, -0.2) is 9.97 Å². The molecule has 10 rings (SSSR count). The molecule has 74 heavy (non-hydrogen) atoms. The van der Waals surface area contributed by atoms with Crippen molar-refractivity contribution in [2.75, 3.05) is 141 Å². The summed E-state index contributed by atoms with van der Waals surface area (Å²) < 4.78 is 17.1. The lowest BCUT2D eigenvalue weighted by Gasteiger charge is -2.36. The van der Waals surface area contributed by atoms with E-state index >= 15 is 0 Å². The van der Waals surface area contributed by atoms with Crippen LogP contribution in [0.3, 0.4) is 0 Å². The molecule has 2 saturated heterocycles. The summed E-state index contributed by atoms with van der Waals surface area (Å²) in [6.07, 6.45) is 5.96. The molecule has 0 aliphatic carbocycles. The maximum absolute atomic E-state index is 13.6. The number of amides is 2. The molecule has 0 unspecified atom stereocenters. The Balaban J connectivity index is 0.803. The number of hydrogen-bond donors (Lipinski definition) is 4. The summed E-state index contributed by atoms with van der Waals surface area (Å²) in [5, 5.41) is 14.2. The molecule has 17 nitrogen and oxygen atoms in total. The van der Waals surface area contributed by atoms with Crippen LogP contribution >= 0.6 is 0 Å². The first-order valence-corrected chi connectivity index (χ1v) is 25.8. The molecule has 0 spiro atoms. The summed E-state index contributed by atoms with van der Waals surface area (Å²) in [5.74, 6) is 2.98. The Kier molecular flexibility index (Phi) is 15.3. The summed E-state index contributed by atoms with van der Waals surface area (Å²) in [6.45, 7) is 11.8. The number of hydrogen-bond acceptors (Lipinski definition) is 15. The largest absolute Gasteiger partial charge is 0.494 e. The molecule has 386 valence electrons. The normalized spacial score (nSPS) is 15.7. The first kappa shape index (κ1) is 50.0. The SMILES string of the molecule is CCC(=O)N1CCc2cccc(Nc3ccnc(Nc4ccc(N5CCN(Cc6cc7c(c(Nc8ccnc(Nc9ccc(N%10CCN(C)CC%10)cc9OC)c8)c6)N(C(=O)CCOC)CC7)CC5)cc4OC)c3)c21. The van der Waals surface area contributed by atoms with Gasteiger partial charge in [0.2, 0.25) is 11.8 Å². The number of benzene rings is 4. The number of carbonyl (C=O) groups is 2. The van der Waals surface area contributed by atoms with Crippen molar-refractivity contribution in [2.45, 2.75) is 39.2 Å². The lowest BCUT2D eigenvalue weighted by molar-refractivity contribution is -0.119. The van der Waals surface area contributed by atoms with Gasteiger partial charge in [-0.05, 0) is 85.1 Å². The second-order valence-corrected chi connectivity index (χ2v) is 19.3. The van der Waals surface area contributed by atoms with Crippen molar-refractivity contribution in [1.29, 1.82) is 0 Å². The Morgan fingerprint density at radius 1 is 0.568 bits per heavy atom. The van der Waals surface area contributed by atoms with Crippen molar-refractivity contribution in [1.82, 2.24) is 19.8 Å². The molecule has 17 heteroatoms. The van der Waals surface area contributed by atoms with E-state index < -0.39 is 0 Å². The number of nitrogens with one attached hydrogen (secondary N) is 4. The highest BCUT2D eigenvalue weighted by Gasteiger charge is 2.30. The standard InChI is InChI=1S/C57H68N12O5/c1-6-54(70)68-21-16-40-8-7-9-48(56(40)68)60-42-14-19-58-52(34-42)62-47-13-11-45(37-51(47)74-5)67-29-25-65(26-30-67)38-39-32-41-17-22-69(55(71)18-31-72-3)57(41)49(33-39)61-43-15-20-59-53(35-43)63-46-12-10-44(36-50(46)73-4)66-27-23-64(2)24-28-66/h7-15,19-20,32-37H,6,16-18,21-31,38H2,1-5H3,(H2,58,60,62)(H2,59,61,63). The minimum atomic E-state index is 0.0473. The van der Waals surface area contributed by atoms with Crippen LogP contribution in [-0.4, -0.2) is 132 Å². The number of rotatable bonds is 18. The first-order valence-electron chi connectivity index (χ1n) is 25.8. The zero-order valence-corrected chi connectivity index (χ0v) is 43.2. The van der Waals surface area contributed by atoms with E-state index in [1.807, 2.05) is 59.2 Å². The number of piperazine rings is 2. The van der Waals surface area contributed by atoms with Gasteiger partial charge in [0.15, 0.2) is 0 Å². The number of para-hydroxylation sites is 1. The van der Waals surface area contributed by atoms with Crippen LogP contribution in [0.5, 0.6) is 11.5 Å². The van der Waals surface area contributed by atoms with Crippen LogP contribution in [0.2, 0.25) is 0 Å². The quantitative estimate of drug-likeness (QED) is 0.0648. The Bertz CT molecular complexity index is 2970. The van der Waals surface area contributed by atoms with E-state index in [1.54, 1.807) is 33.7 Å². The lowest BCUT2D eigenvalue weighted by Crippen LogP contribution is -2.46. The highest BCUT2D eigenvalue weighted by atomic mass is 16.5. The lowest BCUT2D eigenvalue weighted by atomic mass is 10.0. The fourth-order valence-corrected chi connectivity index (χ4v) is 10.6. The monoisotopic (exact) mass is 1000 g/mol. The van der Waals surface area contributed by atoms with Crippen LogP contribution in [0.15, 0.2) is 103 Å². The van der Waals surface area contributed by atoms with E-state index in [1.165, 1.54) is 11.1 Å². The molecule has 4 aliphatic heterocycles. The minimum absolute atomic E-state index is 0.0473. The highest BCUT2D eigenvalue weighted by molar-refractivity contribution is 6.01. The molecule has 4 aliphatic rings. The van der Waals surface area contributed by atoms with Gasteiger partial charge < -0.3 is 60.0 Å². The van der Waals surface area contributed by atoms with Gasteiger partial charge >= 0.3 is 0 Å². The Labute approximate surface area is 434 Å². The Morgan fingerprint density at radius 3 is 1.73 bits per heavy atom. The minimum Gasteiger partial charge on any atom is -0.494 e. The number of likely N-dealkylation sites (N-methyl/N-ethyl adjacent to an activating group) is 1. The number of carbonyl (C=O) groups excluding carboxylic acids is 2. The summed E-state index contributed by atoms with van der Waals surface area (Å²) in [6, 6.07) is 31.0. The molecular formula is C57H68N12O5. The van der Waals surface area contributed by atoms with E-state index in [2.05, 4.69) is 106 Å². The fraction of sp³-hybridized carbons (Fsp3) is 0.368. The molecule has 6 aromatic rings. The van der Waals surface area contributed by atoms with Gasteiger partial charge in [-0.3, -0.25) is 14.5 Å². The number of ether oxygens (including phenoxy) is 3. The van der Waals surface area contributed by atoms with E-state index in [0.717, 1.165) is 146 Å². The molecule has 2 fully saturated rings. The average Bonchev–Trinajstić information content (AvgIpc) is 4.07. The first-order chi connectivity index (χ1) is 36.2. The average molecular weight is 1000 g/mol. The van der Waals surface area contributed by atoms with Crippen molar-refractivity contribution >= 4 is 80.3 Å². The molecule has 0 radical (unpaired) electrons. The van der Waals surface area contributed by atoms with Crippen LogP contribution in [0.1, 0.15) is 36.5 Å². The molecule has 0 atom stereocenters. The highest BCUT2D eigenvalue weighted by Crippen LogP contribution is 2.42. The van der Waals surface area contributed by atoms with Gasteiger partial charge in [-0.2, -0.15) is 0 Å². The van der Waals surface area contributed by atoms with Crippen molar-refractivity contribution < 1.29 is 23.8 Å². The third-order valence-corrected chi connectivity index (χ3v) is 14.5. The second kappa shape index (κ2) is 22.7. The maximum atomic E-state index is 13.6. The molecular weight excluding hydrogens is 933 g/mol. The summed E-state index contributed by atoms with van der Waals surface area (Å²) in [4.78, 5) is 49.1. The smallest absolute Gasteiger partial charge is 0.229 e. The third-order valence-electron chi connectivity index (χ3n) is 14.5. The summed E-state index contributed by atoms with van der Waals surface area (Å²) >= 11 is 0. The fourth-order valence-electron chi connectivity index (χ4n) is 10.6. The molecule has 2 aromatic heterocycles. The van der Waals surface area contributed by atoms with E-state index in [-0.39, 0.29) is 11.8 Å². The zero-order valence-electron chi connectivity index (χ0n) is 43.2. The molecule has 4 aromatic carbocycles. The van der Waals surface area contributed by atoms with Gasteiger partial charge in [-0.1, -0.05) is 25.1 Å². The summed E-state index contributed by atoms with van der Waals surface area (Å²) in [5.41, 5.74) is 12.8. The molecule has 2 amide bonds. The van der Waals surface area contributed by atoms with Gasteiger partial charge in [0, 0.05) is 145 Å². The van der Waals surface area contributed by atoms with E-state index in [9.17, 15) is 9.59 Å². The van der Waals surface area contributed by atoms with Gasteiger partial charge in [0.25, 0.3) is 0 Å². The van der Waals surface area contributed by atoms with E-state index in [0.29, 0.717) is 44.2 Å². The third kappa shape index (κ3) is 11.1. The predicted octanol–water partition coefficient (Wildman–Crippen LogP) is 8.77. The molecule has 4 N–H and O–H groups in total. The number of fused-ring (bicyclic) bond motifs is 2. The molecule has 6 heterocycles. The topological polar surface area (TPSA) is 155 Å². The van der Waals surface area contributed by atoms with Crippen molar-refractivity contribution in [3.05, 3.63) is 120 Å². The number of aromatic nitrogens is 2. The van der Waals surface area contributed by atoms with Gasteiger partial charge in [0.1, 0.15) is 23.1 Å². The molecule has 0 saturated carbocycles. The van der Waals surface area contributed by atoms with Crippen LogP contribution < -0.4 is 50.3 Å². The molecule has 0 bridgehead atoms. The van der Waals surface area contributed by atoms with Gasteiger partial charge in [0.05, 0.1) is 61.4 Å². The maximum Gasteiger partial charge on any atom is 0.229 e.